The van der Waals surface area contributed by atoms with Gasteiger partial charge >= 0.3 is 0 Å². The predicted molar refractivity (Wildman–Crippen MR) is 119 cm³/mol. The number of nitrogens with one attached hydrogen (secondary N) is 1. The number of rotatable bonds is 5. The summed E-state index contributed by atoms with van der Waals surface area (Å²) in [5.41, 5.74) is 3.19. The first-order valence-electron chi connectivity index (χ1n) is 9.70. The van der Waals surface area contributed by atoms with Crippen molar-refractivity contribution in [1.29, 1.82) is 0 Å². The van der Waals surface area contributed by atoms with Gasteiger partial charge in [-0.3, -0.25) is 4.79 Å². The number of para-hydroxylation sites is 1. The molecule has 0 unspecified atom stereocenters. The van der Waals surface area contributed by atoms with Gasteiger partial charge in [-0.25, -0.2) is 9.37 Å². The van der Waals surface area contributed by atoms with E-state index >= 15 is 0 Å². The summed E-state index contributed by atoms with van der Waals surface area (Å²) in [6.07, 6.45) is 3.01. The third-order valence-corrected chi connectivity index (χ3v) is 4.81. The second-order valence-electron chi connectivity index (χ2n) is 7.11. The average molecular weight is 416 g/mol. The highest BCUT2D eigenvalue weighted by molar-refractivity contribution is 6.01. The number of carbonyl (C=O) groups is 1. The molecule has 31 heavy (non-hydrogen) atoms. The Bertz CT molecular complexity index is 1290. The topological polar surface area (TPSA) is 69.0 Å². The van der Waals surface area contributed by atoms with Crippen LogP contribution < -0.4 is 10.1 Å². The lowest BCUT2D eigenvalue weighted by atomic mass is 10.1. The lowest BCUT2D eigenvalue weighted by molar-refractivity contribution is -0.111. The zero-order chi connectivity index (χ0) is 22.0. The van der Waals surface area contributed by atoms with Crippen molar-refractivity contribution in [2.24, 2.45) is 0 Å². The zero-order valence-electron chi connectivity index (χ0n) is 17.4. The fourth-order valence-corrected chi connectivity index (χ4v) is 3.32. The number of methoxy groups -OCH3 is 1. The summed E-state index contributed by atoms with van der Waals surface area (Å²) in [4.78, 5) is 17.2. The molecule has 0 aliphatic heterocycles. The summed E-state index contributed by atoms with van der Waals surface area (Å²) >= 11 is 0. The van der Waals surface area contributed by atoms with Gasteiger partial charge in [-0.1, -0.05) is 24.3 Å². The molecule has 1 amide bonds. The highest BCUT2D eigenvalue weighted by Crippen LogP contribution is 2.28. The van der Waals surface area contributed by atoms with Gasteiger partial charge in [0.05, 0.1) is 12.8 Å². The summed E-state index contributed by atoms with van der Waals surface area (Å²) < 4.78 is 20.1. The van der Waals surface area contributed by atoms with Gasteiger partial charge in [-0.15, -0.1) is 0 Å². The van der Waals surface area contributed by atoms with Crippen LogP contribution in [0.3, 0.4) is 0 Å². The average Bonchev–Trinajstić information content (AvgIpc) is 3.12. The number of fused-ring (bicyclic) bond motifs is 1. The molecule has 0 saturated carbocycles. The molecule has 6 nitrogen and oxygen atoms in total. The molecule has 4 rings (SSSR count). The minimum absolute atomic E-state index is 0.323. The van der Waals surface area contributed by atoms with Crippen LogP contribution in [0.25, 0.3) is 22.8 Å². The minimum Gasteiger partial charge on any atom is -0.494 e. The molecule has 1 N–H and O–H groups in total. The molecule has 0 fully saturated rings. The summed E-state index contributed by atoms with van der Waals surface area (Å²) in [5.74, 6) is 1.07. The summed E-state index contributed by atoms with van der Waals surface area (Å²) in [7, 11) is 1.61. The molecule has 0 atom stereocenters. The number of benzene rings is 2. The van der Waals surface area contributed by atoms with Crippen LogP contribution in [0.5, 0.6) is 5.75 Å². The van der Waals surface area contributed by atoms with Crippen molar-refractivity contribution >= 4 is 28.7 Å². The van der Waals surface area contributed by atoms with E-state index in [9.17, 15) is 9.18 Å². The Morgan fingerprint density at radius 1 is 1.13 bits per heavy atom. The van der Waals surface area contributed by atoms with Gasteiger partial charge in [-0.05, 0) is 55.3 Å². The van der Waals surface area contributed by atoms with Crippen molar-refractivity contribution < 1.29 is 13.9 Å². The lowest BCUT2D eigenvalue weighted by Gasteiger charge is -2.11. The Kier molecular flexibility index (Phi) is 5.49. The minimum atomic E-state index is -0.333. The third-order valence-electron chi connectivity index (χ3n) is 4.81. The molecule has 2 heterocycles. The predicted octanol–water partition coefficient (Wildman–Crippen LogP) is 4.84. The van der Waals surface area contributed by atoms with E-state index < -0.39 is 0 Å². The maximum absolute atomic E-state index is 13.0. The second kappa shape index (κ2) is 8.39. The first-order valence-corrected chi connectivity index (χ1v) is 9.70. The number of ether oxygens (including phenoxy) is 1. The fourth-order valence-electron chi connectivity index (χ4n) is 3.32. The first-order chi connectivity index (χ1) is 14.9. The number of hydrogen-bond acceptors (Lipinski definition) is 4. The molecule has 0 spiro atoms. The number of amides is 1. The molecule has 4 aromatic rings. The van der Waals surface area contributed by atoms with E-state index in [1.54, 1.807) is 36.1 Å². The smallest absolute Gasteiger partial charge is 0.249 e. The van der Waals surface area contributed by atoms with Crippen molar-refractivity contribution in [2.75, 3.05) is 12.4 Å². The van der Waals surface area contributed by atoms with E-state index in [-0.39, 0.29) is 11.7 Å². The van der Waals surface area contributed by atoms with Crippen LogP contribution in [0.2, 0.25) is 0 Å². The van der Waals surface area contributed by atoms with Crippen LogP contribution in [-0.2, 0) is 4.79 Å². The van der Waals surface area contributed by atoms with Crippen molar-refractivity contribution in [3.63, 3.8) is 0 Å². The first kappa shape index (κ1) is 20.3. The van der Waals surface area contributed by atoms with Crippen LogP contribution >= 0.6 is 0 Å². The maximum Gasteiger partial charge on any atom is 0.249 e. The highest BCUT2D eigenvalue weighted by Gasteiger charge is 2.14. The Labute approximate surface area is 179 Å². The van der Waals surface area contributed by atoms with Crippen molar-refractivity contribution in [3.05, 3.63) is 83.3 Å². The quantitative estimate of drug-likeness (QED) is 0.473. The fraction of sp³-hybridized carbons (Fsp3) is 0.125. The molecule has 0 bridgehead atoms. The van der Waals surface area contributed by atoms with Crippen LogP contribution in [0, 0.1) is 19.7 Å². The molecule has 2 aromatic heterocycles. The number of nitrogens with zero attached hydrogens (tertiary/aromatic N) is 3. The Hall–Kier alpha value is -4.00. The van der Waals surface area contributed by atoms with Gasteiger partial charge in [0.25, 0.3) is 0 Å². The van der Waals surface area contributed by atoms with Gasteiger partial charge in [-0.2, -0.15) is 9.78 Å². The third kappa shape index (κ3) is 4.30. The van der Waals surface area contributed by atoms with E-state index in [0.717, 1.165) is 27.7 Å². The second-order valence-corrected chi connectivity index (χ2v) is 7.11. The zero-order valence-corrected chi connectivity index (χ0v) is 17.4. The summed E-state index contributed by atoms with van der Waals surface area (Å²) in [6, 6.07) is 15.3. The van der Waals surface area contributed by atoms with E-state index in [1.165, 1.54) is 18.2 Å². The normalized spacial score (nSPS) is 11.2. The van der Waals surface area contributed by atoms with E-state index in [0.29, 0.717) is 17.4 Å². The monoisotopic (exact) mass is 416 g/mol. The van der Waals surface area contributed by atoms with Gasteiger partial charge in [0.1, 0.15) is 22.9 Å². The van der Waals surface area contributed by atoms with Crippen molar-refractivity contribution in [2.45, 2.75) is 13.8 Å². The van der Waals surface area contributed by atoms with Crippen LogP contribution in [0.1, 0.15) is 16.8 Å². The number of hydrogen-bond donors (Lipinski definition) is 1. The number of anilines is 1. The molecule has 156 valence electrons. The van der Waals surface area contributed by atoms with Gasteiger partial charge in [0.15, 0.2) is 5.82 Å². The Morgan fingerprint density at radius 3 is 2.65 bits per heavy atom. The van der Waals surface area contributed by atoms with Crippen molar-refractivity contribution in [3.8, 4) is 11.6 Å². The number of aryl methyl sites for hydroxylation is 2. The summed E-state index contributed by atoms with van der Waals surface area (Å²) in [6.45, 7) is 3.84. The largest absolute Gasteiger partial charge is 0.494 e. The standard InChI is InChI=1S/C24H21FN4O2/c1-15-13-21(27-24-19(15)5-4-6-20(24)31-3)29-22(14-16(2)28-29)26-23(30)12-9-17-7-10-18(25)11-8-17/h4-14H,1-3H3,(H,26,30)/b12-9+. The molecular weight excluding hydrogens is 395 g/mol. The van der Waals surface area contributed by atoms with E-state index in [4.69, 9.17) is 9.72 Å². The van der Waals surface area contributed by atoms with Crippen LogP contribution in [-0.4, -0.2) is 27.8 Å². The maximum atomic E-state index is 13.0. The molecule has 2 aromatic carbocycles. The number of aromatic nitrogens is 3. The number of halogens is 1. The summed E-state index contributed by atoms with van der Waals surface area (Å²) in [5, 5.41) is 8.32. The van der Waals surface area contributed by atoms with Crippen LogP contribution in [0.4, 0.5) is 10.2 Å². The van der Waals surface area contributed by atoms with Gasteiger partial charge < -0.3 is 10.1 Å². The lowest BCUT2D eigenvalue weighted by Crippen LogP contribution is -2.13. The molecular formula is C24H21FN4O2. The van der Waals surface area contributed by atoms with E-state index in [1.807, 2.05) is 38.1 Å². The Balaban J connectivity index is 1.66. The molecule has 0 aliphatic rings. The molecule has 0 saturated heterocycles. The molecule has 7 heteroatoms. The molecule has 0 aliphatic carbocycles. The van der Waals surface area contributed by atoms with E-state index in [2.05, 4.69) is 10.4 Å². The van der Waals surface area contributed by atoms with Gasteiger partial charge in [0, 0.05) is 17.5 Å². The number of pyridine rings is 1. The van der Waals surface area contributed by atoms with Crippen LogP contribution in [0.15, 0.2) is 60.7 Å². The SMILES string of the molecule is COc1cccc2c(C)cc(-n3nc(C)cc3NC(=O)/C=C/c3ccc(F)cc3)nc12. The Morgan fingerprint density at radius 2 is 1.90 bits per heavy atom. The van der Waals surface area contributed by atoms with Gasteiger partial charge in [0.2, 0.25) is 5.91 Å². The molecule has 0 radical (unpaired) electrons. The number of carbonyl (C=O) groups excluding carboxylic acids is 1. The highest BCUT2D eigenvalue weighted by atomic mass is 19.1. The van der Waals surface area contributed by atoms with Crippen molar-refractivity contribution in [1.82, 2.24) is 14.8 Å².